The van der Waals surface area contributed by atoms with Gasteiger partial charge in [-0.05, 0) is 87.1 Å². The van der Waals surface area contributed by atoms with Crippen LogP contribution in [0, 0.1) is 22.7 Å². The van der Waals surface area contributed by atoms with Crippen LogP contribution in [0.2, 0.25) is 0 Å². The number of carboxylic acids is 1. The van der Waals surface area contributed by atoms with Gasteiger partial charge in [-0.2, -0.15) is 5.10 Å². The summed E-state index contributed by atoms with van der Waals surface area (Å²) in [5.41, 5.74) is 4.38. The number of nitrogens with zero attached hydrogens (tertiary/aromatic N) is 1. The van der Waals surface area contributed by atoms with Gasteiger partial charge in [-0.15, -0.1) is 0 Å². The lowest BCUT2D eigenvalue weighted by Gasteiger charge is -2.58. The number of hydrogen-bond donors (Lipinski definition) is 3. The van der Waals surface area contributed by atoms with Crippen LogP contribution in [-0.4, -0.2) is 21.9 Å². The molecule has 1 spiro atoms. The molecule has 29 heavy (non-hydrogen) atoms. The SMILES string of the molecule is CC(C/C=C\CC[C@@]1(C(=O)O)[C@H]2C[C@@]13CC[C@H]2C3)=NNC(=S)Nc1ccccc1. The number of anilines is 1. The summed E-state index contributed by atoms with van der Waals surface area (Å²) in [7, 11) is 0. The Hall–Kier alpha value is -2.21. The van der Waals surface area contributed by atoms with Crippen molar-refractivity contribution in [3.05, 3.63) is 42.5 Å². The highest BCUT2D eigenvalue weighted by Crippen LogP contribution is 2.81. The van der Waals surface area contributed by atoms with E-state index in [4.69, 9.17) is 12.2 Å². The Kier molecular flexibility index (Phi) is 5.47. The molecule has 0 saturated heterocycles. The van der Waals surface area contributed by atoms with Crippen molar-refractivity contribution >= 4 is 34.7 Å². The number of carboxylic acid groups (broad SMARTS) is 1. The quantitative estimate of drug-likeness (QED) is 0.244. The fraction of sp³-hybridized carbons (Fsp3) is 0.522. The average molecular weight is 412 g/mol. The number of rotatable bonds is 8. The Morgan fingerprint density at radius 2 is 2.10 bits per heavy atom. The molecule has 0 unspecified atom stereocenters. The van der Waals surface area contributed by atoms with E-state index in [-0.39, 0.29) is 5.41 Å². The minimum Gasteiger partial charge on any atom is -0.481 e. The van der Waals surface area contributed by atoms with Crippen LogP contribution in [0.4, 0.5) is 5.69 Å². The van der Waals surface area contributed by atoms with Crippen LogP contribution in [0.15, 0.2) is 47.6 Å². The second kappa shape index (κ2) is 7.90. The molecule has 0 heterocycles. The molecule has 0 amide bonds. The lowest BCUT2D eigenvalue weighted by atomic mass is 9.43. The molecule has 6 heteroatoms. The van der Waals surface area contributed by atoms with Crippen LogP contribution in [0.3, 0.4) is 0 Å². The maximum Gasteiger partial charge on any atom is 0.310 e. The number of hydrogen-bond acceptors (Lipinski definition) is 3. The molecule has 3 bridgehead atoms. The molecule has 4 saturated carbocycles. The first kappa shape index (κ1) is 20.1. The van der Waals surface area contributed by atoms with Crippen molar-refractivity contribution in [2.45, 2.75) is 51.9 Å². The Morgan fingerprint density at radius 1 is 1.31 bits per heavy atom. The fourth-order valence-corrected chi connectivity index (χ4v) is 6.37. The van der Waals surface area contributed by atoms with Crippen molar-refractivity contribution in [3.8, 4) is 0 Å². The van der Waals surface area contributed by atoms with Crippen molar-refractivity contribution in [2.24, 2.45) is 27.8 Å². The number of nitrogens with one attached hydrogen (secondary N) is 2. The lowest BCUT2D eigenvalue weighted by Crippen LogP contribution is -2.59. The van der Waals surface area contributed by atoms with Crippen molar-refractivity contribution in [2.75, 3.05) is 5.32 Å². The summed E-state index contributed by atoms with van der Waals surface area (Å²) in [6, 6.07) is 9.72. The first-order valence-corrected chi connectivity index (χ1v) is 10.9. The van der Waals surface area contributed by atoms with E-state index in [0.29, 0.717) is 16.9 Å². The molecule has 4 atom stereocenters. The van der Waals surface area contributed by atoms with E-state index in [1.54, 1.807) is 0 Å². The van der Waals surface area contributed by atoms with Crippen LogP contribution in [0.25, 0.3) is 0 Å². The van der Waals surface area contributed by atoms with Gasteiger partial charge in [-0.25, -0.2) is 0 Å². The Balaban J connectivity index is 1.22. The molecule has 1 aromatic carbocycles. The smallest absolute Gasteiger partial charge is 0.310 e. The average Bonchev–Trinajstić information content (AvgIpc) is 3.37. The van der Waals surface area contributed by atoms with Crippen LogP contribution in [-0.2, 0) is 4.79 Å². The van der Waals surface area contributed by atoms with Gasteiger partial charge in [0.2, 0.25) is 0 Å². The number of benzene rings is 1. The Bertz CT molecular complexity index is 849. The molecule has 4 aliphatic carbocycles. The molecular weight excluding hydrogens is 382 g/mol. The molecule has 1 aromatic rings. The minimum atomic E-state index is -0.550. The second-order valence-corrected chi connectivity index (χ2v) is 9.27. The number of hydrazone groups is 1. The summed E-state index contributed by atoms with van der Waals surface area (Å²) in [4.78, 5) is 12.1. The second-order valence-electron chi connectivity index (χ2n) is 8.86. The van der Waals surface area contributed by atoms with E-state index in [0.717, 1.165) is 49.9 Å². The van der Waals surface area contributed by atoms with Gasteiger partial charge in [0, 0.05) is 17.8 Å². The molecule has 4 aliphatic rings. The number of aliphatic carboxylic acids is 1. The van der Waals surface area contributed by atoms with Crippen molar-refractivity contribution in [3.63, 3.8) is 0 Å². The normalized spacial score (nSPS) is 32.2. The molecule has 4 fully saturated rings. The van der Waals surface area contributed by atoms with Crippen LogP contribution < -0.4 is 10.7 Å². The van der Waals surface area contributed by atoms with Gasteiger partial charge < -0.3 is 10.4 Å². The zero-order valence-corrected chi connectivity index (χ0v) is 17.7. The third-order valence-electron chi connectivity index (χ3n) is 7.45. The third-order valence-corrected chi connectivity index (χ3v) is 7.65. The predicted molar refractivity (Wildman–Crippen MR) is 120 cm³/mol. The summed E-state index contributed by atoms with van der Waals surface area (Å²) in [5, 5.41) is 17.8. The summed E-state index contributed by atoms with van der Waals surface area (Å²) in [5.74, 6) is 0.544. The largest absolute Gasteiger partial charge is 0.481 e. The minimum absolute atomic E-state index is 0.116. The molecule has 0 aromatic heterocycles. The monoisotopic (exact) mass is 411 g/mol. The van der Waals surface area contributed by atoms with Crippen LogP contribution >= 0.6 is 12.2 Å². The lowest BCUT2D eigenvalue weighted by molar-refractivity contribution is -0.188. The highest BCUT2D eigenvalue weighted by atomic mass is 32.1. The van der Waals surface area contributed by atoms with E-state index in [9.17, 15) is 9.90 Å². The topological polar surface area (TPSA) is 73.7 Å². The molecule has 5 rings (SSSR count). The van der Waals surface area contributed by atoms with E-state index < -0.39 is 11.4 Å². The fourth-order valence-electron chi connectivity index (χ4n) is 6.21. The van der Waals surface area contributed by atoms with Crippen LogP contribution in [0.5, 0.6) is 0 Å². The third kappa shape index (κ3) is 3.48. The van der Waals surface area contributed by atoms with Gasteiger partial charge in [0.1, 0.15) is 0 Å². The number of carbonyl (C=O) groups is 1. The maximum absolute atomic E-state index is 12.1. The van der Waals surface area contributed by atoms with Gasteiger partial charge in [0.05, 0.1) is 5.41 Å². The van der Waals surface area contributed by atoms with Gasteiger partial charge in [0.25, 0.3) is 0 Å². The first-order chi connectivity index (χ1) is 14.0. The van der Waals surface area contributed by atoms with Crippen molar-refractivity contribution in [1.82, 2.24) is 5.43 Å². The molecular formula is C23H29N3O2S. The molecule has 154 valence electrons. The van der Waals surface area contributed by atoms with Gasteiger partial charge in [-0.1, -0.05) is 30.4 Å². The Labute approximate surface area is 177 Å². The first-order valence-electron chi connectivity index (χ1n) is 10.5. The molecule has 3 N–H and O–H groups in total. The number of allylic oxidation sites excluding steroid dienone is 2. The predicted octanol–water partition coefficient (Wildman–Crippen LogP) is 4.97. The van der Waals surface area contributed by atoms with E-state index in [1.165, 1.54) is 6.42 Å². The van der Waals surface area contributed by atoms with Crippen molar-refractivity contribution in [1.29, 1.82) is 0 Å². The zero-order valence-electron chi connectivity index (χ0n) is 16.9. The zero-order chi connectivity index (χ0) is 20.5. The molecule has 5 nitrogen and oxygen atoms in total. The van der Waals surface area contributed by atoms with Crippen molar-refractivity contribution < 1.29 is 9.90 Å². The van der Waals surface area contributed by atoms with E-state index in [1.807, 2.05) is 37.3 Å². The highest BCUT2D eigenvalue weighted by molar-refractivity contribution is 7.80. The Morgan fingerprint density at radius 3 is 2.72 bits per heavy atom. The maximum atomic E-state index is 12.1. The standard InChI is InChI=1S/C23H29N3O2S/c1-16(25-26-21(29)24-18-9-5-2-6-10-18)8-4-3-7-12-23(20(27)28)19-15-22(23)13-11-17(19)14-22/h2-6,9-10,17,19H,7-8,11-15H2,1H3,(H,27,28)(H2,24,26,29)/b4-3-,25-16?/t17-,19-,22-,23-/m0/s1. The van der Waals surface area contributed by atoms with Gasteiger partial charge in [-0.3, -0.25) is 10.2 Å². The molecule has 0 aliphatic heterocycles. The van der Waals surface area contributed by atoms with Crippen LogP contribution in [0.1, 0.15) is 51.9 Å². The van der Waals surface area contributed by atoms with E-state index in [2.05, 4.69) is 28.0 Å². The number of thiocarbonyl (C=S) groups is 1. The molecule has 0 radical (unpaired) electrons. The summed E-state index contributed by atoms with van der Waals surface area (Å²) in [6.45, 7) is 1.95. The summed E-state index contributed by atoms with van der Waals surface area (Å²) in [6.07, 6.45) is 11.2. The number of para-hydroxylation sites is 1. The summed E-state index contributed by atoms with van der Waals surface area (Å²) >= 11 is 5.24. The van der Waals surface area contributed by atoms with Gasteiger partial charge >= 0.3 is 5.97 Å². The van der Waals surface area contributed by atoms with Gasteiger partial charge in [0.15, 0.2) is 5.11 Å². The highest BCUT2D eigenvalue weighted by Gasteiger charge is 2.78. The van der Waals surface area contributed by atoms with E-state index >= 15 is 0 Å². The summed E-state index contributed by atoms with van der Waals surface area (Å²) < 4.78 is 0.